The minimum Gasteiger partial charge on any atom is -0.390 e. The molecule has 10 nitrogen and oxygen atoms in total. The second kappa shape index (κ2) is 10.0. The Labute approximate surface area is 222 Å². The molecule has 2 aliphatic heterocycles. The summed E-state index contributed by atoms with van der Waals surface area (Å²) in [4.78, 5) is 26.3. The highest BCUT2D eigenvalue weighted by Crippen LogP contribution is 2.42. The molecule has 2 saturated heterocycles. The van der Waals surface area contributed by atoms with E-state index in [2.05, 4.69) is 44.0 Å². The van der Waals surface area contributed by atoms with Gasteiger partial charge in [0.05, 0.1) is 19.8 Å². The van der Waals surface area contributed by atoms with Gasteiger partial charge in [0.15, 0.2) is 5.67 Å². The number of hydrogen-bond donors (Lipinski definition) is 2. The van der Waals surface area contributed by atoms with Crippen molar-refractivity contribution in [1.82, 2.24) is 24.9 Å². The van der Waals surface area contributed by atoms with Gasteiger partial charge in [-0.15, -0.1) is 0 Å². The van der Waals surface area contributed by atoms with Crippen LogP contribution in [0.3, 0.4) is 0 Å². The number of pyridine rings is 2. The summed E-state index contributed by atoms with van der Waals surface area (Å²) in [6.45, 7) is 11.5. The zero-order valence-electron chi connectivity index (χ0n) is 22.6. The predicted molar refractivity (Wildman–Crippen MR) is 149 cm³/mol. The van der Waals surface area contributed by atoms with E-state index in [-0.39, 0.29) is 12.5 Å². The van der Waals surface area contributed by atoms with Crippen molar-refractivity contribution >= 4 is 41.4 Å². The molecule has 5 heterocycles. The second-order valence-corrected chi connectivity index (χ2v) is 15.1. The monoisotopic (exact) mass is 542 g/mol. The molecular weight excluding hydrogens is 506 g/mol. The zero-order chi connectivity index (χ0) is 27.2. The van der Waals surface area contributed by atoms with E-state index in [1.807, 2.05) is 31.8 Å². The van der Waals surface area contributed by atoms with Crippen molar-refractivity contribution in [2.24, 2.45) is 5.92 Å². The zero-order valence-corrected chi connectivity index (χ0v) is 23.5. The summed E-state index contributed by atoms with van der Waals surface area (Å²) in [7, 11) is -2.05. The van der Waals surface area contributed by atoms with E-state index in [9.17, 15) is 14.1 Å². The molecule has 0 amide bonds. The average Bonchev–Trinajstić information content (AvgIpc) is 2.81. The average molecular weight is 543 g/mol. The molecule has 0 bridgehead atoms. The van der Waals surface area contributed by atoms with Crippen molar-refractivity contribution in [1.29, 1.82) is 0 Å². The number of aliphatic hydroxyl groups is 1. The van der Waals surface area contributed by atoms with E-state index in [1.165, 1.54) is 13.3 Å². The highest BCUT2D eigenvalue weighted by Gasteiger charge is 2.40. The van der Waals surface area contributed by atoms with Crippen LogP contribution < -0.4 is 15.1 Å². The molecule has 12 heteroatoms. The Morgan fingerprint density at radius 3 is 2.61 bits per heavy atom. The maximum absolute atomic E-state index is 14.7. The molecule has 0 aliphatic carbocycles. The molecule has 0 saturated carbocycles. The largest absolute Gasteiger partial charge is 0.390 e. The fourth-order valence-corrected chi connectivity index (χ4v) is 6.80. The smallest absolute Gasteiger partial charge is 0.233 e. The number of aromatic nitrogens is 5. The van der Waals surface area contributed by atoms with E-state index < -0.39 is 18.9 Å². The highest BCUT2D eigenvalue weighted by atomic mass is 31.2. The van der Waals surface area contributed by atoms with E-state index in [0.717, 1.165) is 41.4 Å². The normalized spacial score (nSPS) is 22.7. The highest BCUT2D eigenvalue weighted by molar-refractivity contribution is 7.62. The van der Waals surface area contributed by atoms with Gasteiger partial charge in [0.2, 0.25) is 11.9 Å². The summed E-state index contributed by atoms with van der Waals surface area (Å²) in [5.41, 5.74) is -0.621. The number of anilines is 4. The lowest BCUT2D eigenvalue weighted by Gasteiger charge is -2.41. The number of hydrogen-bond acceptors (Lipinski definition) is 10. The van der Waals surface area contributed by atoms with Crippen LogP contribution in [0.4, 0.5) is 27.9 Å². The summed E-state index contributed by atoms with van der Waals surface area (Å²) in [6.07, 6.45) is 5.21. The van der Waals surface area contributed by atoms with Crippen LogP contribution in [-0.2, 0) is 4.57 Å². The Morgan fingerprint density at radius 2 is 1.92 bits per heavy atom. The van der Waals surface area contributed by atoms with Gasteiger partial charge >= 0.3 is 0 Å². The number of nitrogens with one attached hydrogen (secondary N) is 1. The van der Waals surface area contributed by atoms with Gasteiger partial charge < -0.3 is 24.8 Å². The number of piperidine rings is 1. The predicted octanol–water partition coefficient (Wildman–Crippen LogP) is 4.04. The minimum atomic E-state index is -2.05. The fraction of sp³-hybridized carbons (Fsp3) is 0.577. The molecule has 2 fully saturated rings. The minimum absolute atomic E-state index is 0.00475. The molecular formula is C26H36FN8O2P. The van der Waals surface area contributed by atoms with Crippen LogP contribution in [0.15, 0.2) is 24.8 Å². The van der Waals surface area contributed by atoms with Crippen molar-refractivity contribution < 1.29 is 14.1 Å². The lowest BCUT2D eigenvalue weighted by Crippen LogP contribution is -2.52. The molecule has 0 unspecified atom stereocenters. The summed E-state index contributed by atoms with van der Waals surface area (Å²) < 4.78 is 26.9. The van der Waals surface area contributed by atoms with E-state index in [0.29, 0.717) is 36.6 Å². The van der Waals surface area contributed by atoms with Gasteiger partial charge in [-0.25, -0.2) is 24.3 Å². The van der Waals surface area contributed by atoms with Crippen molar-refractivity contribution in [2.75, 3.05) is 60.8 Å². The number of rotatable bonds is 7. The van der Waals surface area contributed by atoms with Gasteiger partial charge in [-0.2, -0.15) is 4.98 Å². The van der Waals surface area contributed by atoms with Crippen molar-refractivity contribution in [3.63, 3.8) is 0 Å². The fourth-order valence-electron chi connectivity index (χ4n) is 5.32. The maximum Gasteiger partial charge on any atom is 0.233 e. The Morgan fingerprint density at radius 1 is 1.16 bits per heavy atom. The van der Waals surface area contributed by atoms with Gasteiger partial charge in [-0.1, -0.05) is 13.8 Å². The molecule has 0 spiro atoms. The summed E-state index contributed by atoms with van der Waals surface area (Å²) in [6, 6.07) is 1.98. The van der Waals surface area contributed by atoms with Gasteiger partial charge in [-0.05, 0) is 49.6 Å². The Bertz CT molecular complexity index is 1370. The lowest BCUT2D eigenvalue weighted by molar-refractivity contribution is -0.00860. The quantitative estimate of drug-likeness (QED) is 0.423. The Kier molecular flexibility index (Phi) is 7.02. The first-order valence-corrected chi connectivity index (χ1v) is 15.8. The number of fused-ring (bicyclic) bond motifs is 1. The summed E-state index contributed by atoms with van der Waals surface area (Å²) in [5.74, 6) is 2.82. The summed E-state index contributed by atoms with van der Waals surface area (Å²) >= 11 is 0. The Balaban J connectivity index is 1.39. The van der Waals surface area contributed by atoms with Crippen LogP contribution in [0.25, 0.3) is 10.8 Å². The first kappa shape index (κ1) is 26.7. The van der Waals surface area contributed by atoms with Gasteiger partial charge in [-0.3, -0.25) is 0 Å². The van der Waals surface area contributed by atoms with E-state index in [1.54, 1.807) is 4.90 Å². The molecule has 2 N–H and O–H groups in total. The number of halogens is 1. The van der Waals surface area contributed by atoms with Gasteiger partial charge in [0.25, 0.3) is 0 Å². The first-order chi connectivity index (χ1) is 17.9. The van der Waals surface area contributed by atoms with Crippen LogP contribution >= 0.6 is 7.14 Å². The molecule has 0 radical (unpaired) electrons. The van der Waals surface area contributed by atoms with Crippen LogP contribution in [0, 0.1) is 5.92 Å². The number of alkyl halides is 1. The van der Waals surface area contributed by atoms with Crippen molar-refractivity contribution in [3.05, 3.63) is 30.4 Å². The summed E-state index contributed by atoms with van der Waals surface area (Å²) in [5, 5.41) is 15.1. The van der Waals surface area contributed by atoms with Crippen LogP contribution in [0.5, 0.6) is 0 Å². The molecule has 204 valence electrons. The Hall–Kier alpha value is -2.91. The number of nitrogens with zero attached hydrogens (tertiary/aromatic N) is 7. The van der Waals surface area contributed by atoms with E-state index >= 15 is 0 Å². The molecule has 3 aromatic rings. The lowest BCUT2D eigenvalue weighted by atomic mass is 9.94. The third kappa shape index (κ3) is 5.59. The second-order valence-electron chi connectivity index (χ2n) is 11.6. The topological polar surface area (TPSA) is 120 Å². The van der Waals surface area contributed by atoms with Crippen LogP contribution in [0.1, 0.15) is 38.7 Å². The van der Waals surface area contributed by atoms with Crippen molar-refractivity contribution in [3.8, 4) is 0 Å². The van der Waals surface area contributed by atoms with Gasteiger partial charge in [0, 0.05) is 49.5 Å². The molecule has 5 rings (SSSR count). The van der Waals surface area contributed by atoms with E-state index in [4.69, 9.17) is 4.98 Å². The first-order valence-electron chi connectivity index (χ1n) is 13.1. The maximum atomic E-state index is 14.7. The van der Waals surface area contributed by atoms with Crippen LogP contribution in [0.2, 0.25) is 0 Å². The number of aliphatic hydroxyl groups excluding tert-OH is 1. The van der Waals surface area contributed by atoms with Crippen molar-refractivity contribution in [2.45, 2.75) is 44.9 Å². The molecule has 2 atom stereocenters. The molecule has 2 aliphatic rings. The van der Waals surface area contributed by atoms with Gasteiger partial charge in [0.1, 0.15) is 18.0 Å². The molecule has 3 aromatic heterocycles. The SMILES string of the molecule is CC(C)c1cnc(N2CC(CP(C)(C)=O)C2)c2cnc(Nc3ncnc(N4CC[C@@H](O)[C@@](C)(F)C4)n3)cc12. The standard InChI is InChI=1S/C26H36FN8O2P/c1-16(2)19-9-29-23(35-11-17(12-35)13-38(4,5)37)20-10-28-22(8-18(19)20)32-24-30-15-31-25(33-24)34-7-6-21(36)26(3,27)14-34/h8-10,15-17,21,36H,6-7,11-14H2,1-5H3,(H,28,30,31,32,33)/t21-,26+/m1/s1. The molecule has 38 heavy (non-hydrogen) atoms. The third-order valence-electron chi connectivity index (χ3n) is 7.31. The molecule has 0 aromatic carbocycles. The third-order valence-corrected chi connectivity index (χ3v) is 8.70. The van der Waals surface area contributed by atoms with Crippen LogP contribution in [-0.4, -0.2) is 87.5 Å².